The summed E-state index contributed by atoms with van der Waals surface area (Å²) >= 11 is 2.93. The van der Waals surface area contributed by atoms with Crippen molar-refractivity contribution in [1.82, 2.24) is 10.2 Å². The van der Waals surface area contributed by atoms with E-state index in [4.69, 9.17) is 5.73 Å². The lowest BCUT2D eigenvalue weighted by Gasteiger charge is -2.06. The van der Waals surface area contributed by atoms with Crippen LogP contribution < -0.4 is 11.1 Å². The van der Waals surface area contributed by atoms with Crippen LogP contribution in [0.25, 0.3) is 0 Å². The van der Waals surface area contributed by atoms with Crippen LogP contribution in [0.15, 0.2) is 16.6 Å². The van der Waals surface area contributed by atoms with Gasteiger partial charge in [-0.2, -0.15) is 5.10 Å². The highest BCUT2D eigenvalue weighted by Crippen LogP contribution is 2.25. The summed E-state index contributed by atoms with van der Waals surface area (Å²) in [6.07, 6.45) is 1.50. The molecule has 2 rings (SSSR count). The summed E-state index contributed by atoms with van der Waals surface area (Å²) in [5.74, 6) is -2.30. The zero-order chi connectivity index (χ0) is 15.6. The molecule has 0 atom stereocenters. The highest BCUT2D eigenvalue weighted by molar-refractivity contribution is 9.10. The Morgan fingerprint density at radius 2 is 2.14 bits per heavy atom. The first kappa shape index (κ1) is 15.4. The summed E-state index contributed by atoms with van der Waals surface area (Å²) in [5, 5.41) is 8.83. The summed E-state index contributed by atoms with van der Waals surface area (Å²) in [5.41, 5.74) is 6.53. The van der Waals surface area contributed by atoms with Gasteiger partial charge in [0, 0.05) is 6.07 Å². The fraction of sp³-hybridized carbons (Fsp3) is 0.231. The van der Waals surface area contributed by atoms with Crippen molar-refractivity contribution in [3.05, 3.63) is 39.6 Å². The number of nitrogen functional groups attached to an aromatic ring is 1. The molecule has 0 unspecified atom stereocenters. The fourth-order valence-electron chi connectivity index (χ4n) is 1.80. The van der Waals surface area contributed by atoms with Crippen LogP contribution in [0.5, 0.6) is 0 Å². The van der Waals surface area contributed by atoms with Gasteiger partial charge in [-0.25, -0.2) is 8.78 Å². The summed E-state index contributed by atoms with van der Waals surface area (Å²) in [6.45, 7) is 1.96. The van der Waals surface area contributed by atoms with E-state index < -0.39 is 17.5 Å². The molecule has 4 N–H and O–H groups in total. The van der Waals surface area contributed by atoms with Crippen molar-refractivity contribution < 1.29 is 13.6 Å². The molecule has 0 spiro atoms. The fourth-order valence-corrected chi connectivity index (χ4v) is 2.14. The van der Waals surface area contributed by atoms with Crippen LogP contribution in [0, 0.1) is 11.6 Å². The van der Waals surface area contributed by atoms with Gasteiger partial charge in [0.2, 0.25) is 0 Å². The first-order valence-electron chi connectivity index (χ1n) is 6.22. The number of carbonyl (C=O) groups excluding carboxylic acids is 1. The second kappa shape index (κ2) is 6.21. The molecule has 112 valence electrons. The van der Waals surface area contributed by atoms with E-state index in [2.05, 4.69) is 31.4 Å². The minimum absolute atomic E-state index is 0.0155. The van der Waals surface area contributed by atoms with Gasteiger partial charge in [-0.15, -0.1) is 0 Å². The summed E-state index contributed by atoms with van der Waals surface area (Å²) in [4.78, 5) is 12.1. The van der Waals surface area contributed by atoms with Crippen LogP contribution >= 0.6 is 15.9 Å². The molecule has 0 aliphatic carbocycles. The molecule has 1 aromatic carbocycles. The van der Waals surface area contributed by atoms with E-state index in [0.717, 1.165) is 12.5 Å². The zero-order valence-electron chi connectivity index (χ0n) is 11.1. The van der Waals surface area contributed by atoms with Crippen molar-refractivity contribution in [3.63, 3.8) is 0 Å². The van der Waals surface area contributed by atoms with Crippen LogP contribution in [-0.2, 0) is 6.42 Å². The first-order chi connectivity index (χ1) is 9.93. The number of rotatable bonds is 4. The number of aromatic amines is 1. The predicted octanol–water partition coefficient (Wildman–Crippen LogP) is 3.24. The van der Waals surface area contributed by atoms with Gasteiger partial charge in [-0.3, -0.25) is 9.89 Å². The molecule has 5 nitrogen and oxygen atoms in total. The number of carbonyl (C=O) groups is 1. The van der Waals surface area contributed by atoms with Crippen LogP contribution in [0.2, 0.25) is 0 Å². The highest BCUT2D eigenvalue weighted by atomic mass is 79.9. The number of hydrogen-bond acceptors (Lipinski definition) is 3. The molecule has 0 aliphatic heterocycles. The quantitative estimate of drug-likeness (QED) is 0.733. The molecular weight excluding hydrogens is 346 g/mol. The number of aryl methyl sites for hydroxylation is 1. The number of nitrogens with zero attached hydrogens (tertiary/aromatic N) is 1. The zero-order valence-corrected chi connectivity index (χ0v) is 12.7. The van der Waals surface area contributed by atoms with Crippen molar-refractivity contribution in [3.8, 4) is 0 Å². The largest absolute Gasteiger partial charge is 0.395 e. The Morgan fingerprint density at radius 3 is 2.81 bits per heavy atom. The molecule has 21 heavy (non-hydrogen) atoms. The Labute approximate surface area is 128 Å². The van der Waals surface area contributed by atoms with Crippen molar-refractivity contribution >= 4 is 33.2 Å². The smallest absolute Gasteiger partial charge is 0.278 e. The maximum Gasteiger partial charge on any atom is 0.278 e. The molecule has 0 fully saturated rings. The summed E-state index contributed by atoms with van der Waals surface area (Å²) in [6, 6.07) is 1.81. The number of aromatic nitrogens is 2. The van der Waals surface area contributed by atoms with Gasteiger partial charge in [0.25, 0.3) is 5.91 Å². The second-order valence-electron chi connectivity index (χ2n) is 4.41. The van der Waals surface area contributed by atoms with E-state index in [1.165, 1.54) is 0 Å². The normalized spacial score (nSPS) is 10.7. The van der Waals surface area contributed by atoms with Crippen LogP contribution in [-0.4, -0.2) is 16.1 Å². The number of benzene rings is 1. The third-order valence-corrected chi connectivity index (χ3v) is 3.46. The maximum atomic E-state index is 13.6. The van der Waals surface area contributed by atoms with Gasteiger partial charge < -0.3 is 11.1 Å². The van der Waals surface area contributed by atoms with E-state index >= 15 is 0 Å². The van der Waals surface area contributed by atoms with Gasteiger partial charge >= 0.3 is 0 Å². The highest BCUT2D eigenvalue weighted by Gasteiger charge is 2.19. The second-order valence-corrected chi connectivity index (χ2v) is 5.27. The Balaban J connectivity index is 2.24. The minimum Gasteiger partial charge on any atom is -0.395 e. The van der Waals surface area contributed by atoms with Crippen molar-refractivity contribution in [2.45, 2.75) is 19.8 Å². The molecular formula is C13H13BrF2N4O. The number of halogens is 3. The molecule has 8 heteroatoms. The lowest BCUT2D eigenvalue weighted by atomic mass is 10.2. The first-order valence-corrected chi connectivity index (χ1v) is 7.02. The monoisotopic (exact) mass is 358 g/mol. The Morgan fingerprint density at radius 1 is 1.43 bits per heavy atom. The lowest BCUT2D eigenvalue weighted by molar-refractivity contribution is 0.102. The maximum absolute atomic E-state index is 13.6. The standard InChI is InChI=1S/C13H13BrF2N4O/c1-2-3-9-11(17)12(20-19-9)13(21)18-10-4-6(14)7(15)5-8(10)16/h4-5H,2-3,17H2,1H3,(H,18,21)(H,19,20). The third-order valence-electron chi connectivity index (χ3n) is 2.86. The third kappa shape index (κ3) is 3.21. The number of nitrogens with two attached hydrogens (primary N) is 1. The Bertz CT molecular complexity index is 687. The van der Waals surface area contributed by atoms with E-state index in [-0.39, 0.29) is 21.5 Å². The predicted molar refractivity (Wildman–Crippen MR) is 79.0 cm³/mol. The van der Waals surface area contributed by atoms with Crippen molar-refractivity contribution in [2.24, 2.45) is 0 Å². The summed E-state index contributed by atoms with van der Waals surface area (Å²) in [7, 11) is 0. The molecule has 0 saturated carbocycles. The van der Waals surface area contributed by atoms with E-state index in [0.29, 0.717) is 18.2 Å². The van der Waals surface area contributed by atoms with E-state index in [1.807, 2.05) is 6.92 Å². The van der Waals surface area contributed by atoms with E-state index in [9.17, 15) is 13.6 Å². The van der Waals surface area contributed by atoms with E-state index in [1.54, 1.807) is 0 Å². The molecule has 1 heterocycles. The molecule has 0 radical (unpaired) electrons. The molecule has 1 aromatic heterocycles. The van der Waals surface area contributed by atoms with Gasteiger partial charge in [0.15, 0.2) is 5.69 Å². The summed E-state index contributed by atoms with van der Waals surface area (Å²) < 4.78 is 26.8. The number of H-pyrrole nitrogens is 1. The average molecular weight is 359 g/mol. The van der Waals surface area contributed by atoms with Crippen molar-refractivity contribution in [1.29, 1.82) is 0 Å². The molecule has 0 aliphatic rings. The number of anilines is 2. The molecule has 1 amide bonds. The minimum atomic E-state index is -0.882. The molecule has 0 saturated heterocycles. The SMILES string of the molecule is CCCc1[nH]nc(C(=O)Nc2cc(Br)c(F)cc2F)c1N. The van der Waals surface area contributed by atoms with Crippen LogP contribution in [0.4, 0.5) is 20.2 Å². The van der Waals surface area contributed by atoms with Crippen molar-refractivity contribution in [2.75, 3.05) is 11.1 Å². The Kier molecular flexibility index (Phi) is 4.56. The molecule has 2 aromatic rings. The number of hydrogen-bond donors (Lipinski definition) is 3. The van der Waals surface area contributed by atoms with Gasteiger partial charge in [-0.1, -0.05) is 13.3 Å². The Hall–Kier alpha value is -1.96. The van der Waals surface area contributed by atoms with Crippen LogP contribution in [0.1, 0.15) is 29.5 Å². The average Bonchev–Trinajstić information content (AvgIpc) is 2.78. The van der Waals surface area contributed by atoms with Gasteiger partial charge in [0.1, 0.15) is 11.6 Å². The van der Waals surface area contributed by atoms with Gasteiger partial charge in [-0.05, 0) is 28.4 Å². The number of nitrogens with one attached hydrogen (secondary N) is 2. The van der Waals surface area contributed by atoms with Crippen LogP contribution in [0.3, 0.4) is 0 Å². The molecule has 0 bridgehead atoms. The lowest BCUT2D eigenvalue weighted by Crippen LogP contribution is -2.15. The van der Waals surface area contributed by atoms with Gasteiger partial charge in [0.05, 0.1) is 21.5 Å². The number of amides is 1. The topological polar surface area (TPSA) is 83.8 Å².